The molecular weight excluding hydrogens is 286 g/mol. The highest BCUT2D eigenvalue weighted by molar-refractivity contribution is 6.01. The summed E-state index contributed by atoms with van der Waals surface area (Å²) < 4.78 is 0. The summed E-state index contributed by atoms with van der Waals surface area (Å²) in [7, 11) is 0. The zero-order valence-corrected chi connectivity index (χ0v) is 15.4. The van der Waals surface area contributed by atoms with Crippen molar-refractivity contribution in [2.75, 3.05) is 6.54 Å². The van der Waals surface area contributed by atoms with E-state index >= 15 is 0 Å². The van der Waals surface area contributed by atoms with Crippen LogP contribution in [0.2, 0.25) is 0 Å². The molecule has 2 atom stereocenters. The SMILES string of the molecule is C=C1CCCN1[C@@H](CC)C(=O)CC(=O)CC[C@@H](CC)CCCC. The first-order valence-electron chi connectivity index (χ1n) is 9.52. The molecule has 1 fully saturated rings. The van der Waals surface area contributed by atoms with E-state index in [1.165, 1.54) is 19.3 Å². The second-order valence-electron chi connectivity index (χ2n) is 6.92. The summed E-state index contributed by atoms with van der Waals surface area (Å²) in [6, 6.07) is -0.143. The molecule has 1 aliphatic rings. The van der Waals surface area contributed by atoms with Crippen LogP contribution in [0.4, 0.5) is 0 Å². The van der Waals surface area contributed by atoms with E-state index in [9.17, 15) is 9.59 Å². The first kappa shape index (κ1) is 19.9. The van der Waals surface area contributed by atoms with Crippen LogP contribution in [0.3, 0.4) is 0 Å². The third kappa shape index (κ3) is 6.48. The van der Waals surface area contributed by atoms with Gasteiger partial charge in [-0.05, 0) is 31.6 Å². The molecule has 1 aliphatic heterocycles. The number of allylic oxidation sites excluding steroid dienone is 1. The molecular formula is C20H35NO2. The third-order valence-electron chi connectivity index (χ3n) is 5.15. The Bertz CT molecular complexity index is 402. The van der Waals surface area contributed by atoms with Gasteiger partial charge in [0.15, 0.2) is 5.78 Å². The molecule has 0 aromatic rings. The predicted octanol–water partition coefficient (Wildman–Crippen LogP) is 4.90. The summed E-state index contributed by atoms with van der Waals surface area (Å²) in [5.74, 6) is 0.838. The predicted molar refractivity (Wildman–Crippen MR) is 96.3 cm³/mol. The highest BCUT2D eigenvalue weighted by Crippen LogP contribution is 2.25. The number of unbranched alkanes of at least 4 members (excludes halogenated alkanes) is 1. The van der Waals surface area contributed by atoms with E-state index in [1.54, 1.807) is 0 Å². The van der Waals surface area contributed by atoms with Crippen LogP contribution in [0.15, 0.2) is 12.3 Å². The van der Waals surface area contributed by atoms with E-state index < -0.39 is 0 Å². The zero-order chi connectivity index (χ0) is 17.2. The monoisotopic (exact) mass is 321 g/mol. The van der Waals surface area contributed by atoms with Crippen LogP contribution in [0.5, 0.6) is 0 Å². The van der Waals surface area contributed by atoms with E-state index in [1.807, 2.05) is 6.92 Å². The summed E-state index contributed by atoms with van der Waals surface area (Å²) in [5, 5.41) is 0. The van der Waals surface area contributed by atoms with Crippen molar-refractivity contribution in [1.82, 2.24) is 4.90 Å². The second-order valence-corrected chi connectivity index (χ2v) is 6.92. The van der Waals surface area contributed by atoms with Gasteiger partial charge in [-0.3, -0.25) is 9.59 Å². The number of nitrogens with zero attached hydrogens (tertiary/aromatic N) is 1. The van der Waals surface area contributed by atoms with Crippen molar-refractivity contribution in [1.29, 1.82) is 0 Å². The highest BCUT2D eigenvalue weighted by Gasteiger charge is 2.29. The molecule has 0 spiro atoms. The van der Waals surface area contributed by atoms with Gasteiger partial charge in [-0.15, -0.1) is 0 Å². The van der Waals surface area contributed by atoms with E-state index in [0.717, 1.165) is 44.3 Å². The Balaban J connectivity index is 2.42. The fourth-order valence-corrected chi connectivity index (χ4v) is 3.56. The average molecular weight is 322 g/mol. The fourth-order valence-electron chi connectivity index (χ4n) is 3.56. The smallest absolute Gasteiger partial charge is 0.162 e. The minimum absolute atomic E-state index is 0.0853. The molecule has 132 valence electrons. The lowest BCUT2D eigenvalue weighted by molar-refractivity contribution is -0.129. The van der Waals surface area contributed by atoms with Crippen LogP contribution in [0.25, 0.3) is 0 Å². The lowest BCUT2D eigenvalue weighted by atomic mass is 9.92. The molecule has 3 nitrogen and oxygen atoms in total. The van der Waals surface area contributed by atoms with Crippen LogP contribution in [-0.2, 0) is 9.59 Å². The molecule has 1 saturated heterocycles. The summed E-state index contributed by atoms with van der Waals surface area (Å²) >= 11 is 0. The van der Waals surface area contributed by atoms with Crippen molar-refractivity contribution >= 4 is 11.6 Å². The normalized spacial score (nSPS) is 17.3. The van der Waals surface area contributed by atoms with Gasteiger partial charge in [0.25, 0.3) is 0 Å². The number of rotatable bonds is 12. The first-order valence-corrected chi connectivity index (χ1v) is 9.52. The van der Waals surface area contributed by atoms with Gasteiger partial charge in [0, 0.05) is 18.7 Å². The molecule has 0 aliphatic carbocycles. The van der Waals surface area contributed by atoms with Crippen molar-refractivity contribution in [2.24, 2.45) is 5.92 Å². The number of carbonyl (C=O) groups excluding carboxylic acids is 2. The molecule has 0 N–H and O–H groups in total. The standard InChI is InChI=1S/C20H35NO2/c1-5-8-11-17(6-2)12-13-18(22)15-20(23)19(7-3)21-14-9-10-16(21)4/h17,19H,4-15H2,1-3H3/t17-,19-/m0/s1. The van der Waals surface area contributed by atoms with Crippen LogP contribution in [-0.4, -0.2) is 29.1 Å². The number of hydrogen-bond donors (Lipinski definition) is 0. The van der Waals surface area contributed by atoms with Gasteiger partial charge in [0.2, 0.25) is 0 Å². The van der Waals surface area contributed by atoms with Crippen molar-refractivity contribution in [2.45, 2.75) is 91.0 Å². The maximum absolute atomic E-state index is 12.5. The number of Topliss-reactive ketones (excluding diaryl/α,β-unsaturated/α-hetero) is 2. The topological polar surface area (TPSA) is 37.4 Å². The van der Waals surface area contributed by atoms with Crippen LogP contribution in [0.1, 0.15) is 85.0 Å². The van der Waals surface area contributed by atoms with Crippen LogP contribution in [0, 0.1) is 5.92 Å². The quantitative estimate of drug-likeness (QED) is 0.480. The lowest BCUT2D eigenvalue weighted by Gasteiger charge is -2.28. The first-order chi connectivity index (χ1) is 11.0. The van der Waals surface area contributed by atoms with Gasteiger partial charge in [0.05, 0.1) is 12.5 Å². The van der Waals surface area contributed by atoms with E-state index in [-0.39, 0.29) is 24.0 Å². The second kappa shape index (κ2) is 10.6. The molecule has 1 heterocycles. The summed E-state index contributed by atoms with van der Waals surface area (Å²) in [4.78, 5) is 26.8. The molecule has 23 heavy (non-hydrogen) atoms. The van der Waals surface area contributed by atoms with E-state index in [2.05, 4.69) is 25.3 Å². The summed E-state index contributed by atoms with van der Waals surface area (Å²) in [5.41, 5.74) is 1.06. The minimum Gasteiger partial charge on any atom is -0.365 e. The molecule has 3 heteroatoms. The van der Waals surface area contributed by atoms with E-state index in [0.29, 0.717) is 12.3 Å². The molecule has 0 unspecified atom stereocenters. The molecule has 0 aromatic carbocycles. The molecule has 0 amide bonds. The Kier molecular flexibility index (Phi) is 9.20. The molecule has 0 bridgehead atoms. The Morgan fingerprint density at radius 2 is 1.91 bits per heavy atom. The fraction of sp³-hybridized carbons (Fsp3) is 0.800. The number of likely N-dealkylation sites (tertiary alicyclic amines) is 1. The van der Waals surface area contributed by atoms with Gasteiger partial charge in [-0.25, -0.2) is 0 Å². The van der Waals surface area contributed by atoms with Crippen molar-refractivity contribution in [3.05, 3.63) is 12.3 Å². The summed E-state index contributed by atoms with van der Waals surface area (Å²) in [6.45, 7) is 11.4. The van der Waals surface area contributed by atoms with E-state index in [4.69, 9.17) is 0 Å². The maximum atomic E-state index is 12.5. The number of hydrogen-bond acceptors (Lipinski definition) is 3. The Labute approximate surface area is 142 Å². The van der Waals surface area contributed by atoms with Gasteiger partial charge >= 0.3 is 0 Å². The van der Waals surface area contributed by atoms with Gasteiger partial charge in [-0.1, -0.05) is 53.0 Å². The average Bonchev–Trinajstić information content (AvgIpc) is 2.94. The van der Waals surface area contributed by atoms with Crippen molar-refractivity contribution in [3.63, 3.8) is 0 Å². The largest absolute Gasteiger partial charge is 0.365 e. The number of ketones is 2. The van der Waals surface area contributed by atoms with Gasteiger partial charge < -0.3 is 4.90 Å². The van der Waals surface area contributed by atoms with Crippen molar-refractivity contribution in [3.8, 4) is 0 Å². The Morgan fingerprint density at radius 3 is 2.43 bits per heavy atom. The lowest BCUT2D eigenvalue weighted by Crippen LogP contribution is -2.38. The molecule has 1 rings (SSSR count). The molecule has 0 saturated carbocycles. The van der Waals surface area contributed by atoms with Crippen LogP contribution >= 0.6 is 0 Å². The highest BCUT2D eigenvalue weighted by atomic mass is 16.1. The maximum Gasteiger partial charge on any atom is 0.162 e. The third-order valence-corrected chi connectivity index (χ3v) is 5.15. The molecule has 0 radical (unpaired) electrons. The van der Waals surface area contributed by atoms with Crippen molar-refractivity contribution < 1.29 is 9.59 Å². The number of carbonyl (C=O) groups is 2. The zero-order valence-electron chi connectivity index (χ0n) is 15.4. The van der Waals surface area contributed by atoms with Gasteiger partial charge in [-0.2, -0.15) is 0 Å². The van der Waals surface area contributed by atoms with Crippen LogP contribution < -0.4 is 0 Å². The summed E-state index contributed by atoms with van der Waals surface area (Å²) in [6.07, 6.45) is 9.21. The Morgan fingerprint density at radius 1 is 1.17 bits per heavy atom. The van der Waals surface area contributed by atoms with Gasteiger partial charge in [0.1, 0.15) is 5.78 Å². The Hall–Kier alpha value is -1.12. The minimum atomic E-state index is -0.143. The molecule has 0 aromatic heterocycles.